The zero-order valence-electron chi connectivity index (χ0n) is 19.5. The molecule has 1 aromatic heterocycles. The molecule has 0 aliphatic carbocycles. The Morgan fingerprint density at radius 2 is 1.94 bits per heavy atom. The zero-order chi connectivity index (χ0) is 22.5. The second-order valence-corrected chi connectivity index (χ2v) is 8.68. The van der Waals surface area contributed by atoms with E-state index in [-0.39, 0.29) is 6.09 Å². The molecule has 1 aromatic carbocycles. The topological polar surface area (TPSA) is 71.0 Å². The number of piperazine rings is 1. The Kier molecular flexibility index (Phi) is 7.42. The summed E-state index contributed by atoms with van der Waals surface area (Å²) >= 11 is 0. The number of benzene rings is 1. The van der Waals surface area contributed by atoms with Gasteiger partial charge in [0, 0.05) is 44.7 Å². The van der Waals surface area contributed by atoms with E-state index in [2.05, 4.69) is 34.9 Å². The second kappa shape index (κ2) is 10.4. The lowest BCUT2D eigenvalue weighted by Crippen LogP contribution is -2.49. The molecule has 0 radical (unpaired) electrons. The number of aryl methyl sites for hydroxylation is 1. The van der Waals surface area contributed by atoms with E-state index in [0.717, 1.165) is 67.3 Å². The van der Waals surface area contributed by atoms with Gasteiger partial charge in [0.15, 0.2) is 0 Å². The summed E-state index contributed by atoms with van der Waals surface area (Å²) < 4.78 is 10.6. The maximum absolute atomic E-state index is 12.1. The summed E-state index contributed by atoms with van der Waals surface area (Å²) in [5.74, 6) is 1.83. The highest BCUT2D eigenvalue weighted by molar-refractivity contribution is 5.91. The number of anilines is 1. The van der Waals surface area contributed by atoms with Crippen molar-refractivity contribution in [2.45, 2.75) is 45.7 Å². The number of rotatable bonds is 6. The number of hydrogen-bond donors (Lipinski definition) is 0. The van der Waals surface area contributed by atoms with Gasteiger partial charge < -0.3 is 19.3 Å². The number of aromatic nitrogens is 2. The summed E-state index contributed by atoms with van der Waals surface area (Å²) in [6.07, 6.45) is 3.38. The predicted molar refractivity (Wildman–Crippen MR) is 125 cm³/mol. The van der Waals surface area contributed by atoms with E-state index in [4.69, 9.17) is 19.4 Å². The van der Waals surface area contributed by atoms with Gasteiger partial charge in [0.25, 0.3) is 0 Å². The van der Waals surface area contributed by atoms with Crippen LogP contribution in [0, 0.1) is 6.92 Å². The molecule has 2 aliphatic rings. The monoisotopic (exact) mass is 441 g/mol. The SMILES string of the molecule is CCOC(=O)N1CCN(c2nc(CN3CCCCC3COC)nc3c(C)cccc23)CC1. The van der Waals surface area contributed by atoms with Crippen molar-refractivity contribution in [2.24, 2.45) is 0 Å². The van der Waals surface area contributed by atoms with Crippen LogP contribution in [0.3, 0.4) is 0 Å². The molecule has 8 heteroatoms. The highest BCUT2D eigenvalue weighted by atomic mass is 16.6. The molecule has 0 saturated carbocycles. The Morgan fingerprint density at radius 3 is 2.69 bits per heavy atom. The normalized spacial score (nSPS) is 20.0. The lowest BCUT2D eigenvalue weighted by atomic mass is 10.0. The van der Waals surface area contributed by atoms with Crippen LogP contribution in [0.5, 0.6) is 0 Å². The van der Waals surface area contributed by atoms with E-state index in [1.54, 1.807) is 12.0 Å². The minimum atomic E-state index is -0.231. The summed E-state index contributed by atoms with van der Waals surface area (Å²) in [5.41, 5.74) is 2.17. The first-order chi connectivity index (χ1) is 15.6. The van der Waals surface area contributed by atoms with Gasteiger partial charge in [0.2, 0.25) is 0 Å². The minimum absolute atomic E-state index is 0.231. The Hall–Kier alpha value is -2.45. The van der Waals surface area contributed by atoms with Crippen molar-refractivity contribution >= 4 is 22.8 Å². The van der Waals surface area contributed by atoms with Gasteiger partial charge in [0.05, 0.1) is 25.3 Å². The quantitative estimate of drug-likeness (QED) is 0.682. The fraction of sp³-hybridized carbons (Fsp3) is 0.625. The average Bonchev–Trinajstić information content (AvgIpc) is 2.81. The first-order valence-electron chi connectivity index (χ1n) is 11.8. The zero-order valence-corrected chi connectivity index (χ0v) is 19.5. The van der Waals surface area contributed by atoms with Gasteiger partial charge in [-0.25, -0.2) is 14.8 Å². The molecule has 2 saturated heterocycles. The number of likely N-dealkylation sites (tertiary alicyclic amines) is 1. The number of hydrogen-bond acceptors (Lipinski definition) is 7. The van der Waals surface area contributed by atoms with E-state index < -0.39 is 0 Å². The molecule has 32 heavy (non-hydrogen) atoms. The number of carbonyl (C=O) groups excluding carboxylic acids is 1. The molecular weight excluding hydrogens is 406 g/mol. The van der Waals surface area contributed by atoms with Crippen LogP contribution in [-0.4, -0.2) is 85.0 Å². The highest BCUT2D eigenvalue weighted by Crippen LogP contribution is 2.28. The van der Waals surface area contributed by atoms with Crippen molar-refractivity contribution in [2.75, 3.05) is 57.9 Å². The van der Waals surface area contributed by atoms with Crippen molar-refractivity contribution in [3.8, 4) is 0 Å². The van der Waals surface area contributed by atoms with E-state index in [1.165, 1.54) is 12.8 Å². The second-order valence-electron chi connectivity index (χ2n) is 8.68. The molecule has 2 aliphatic heterocycles. The van der Waals surface area contributed by atoms with Crippen LogP contribution < -0.4 is 4.90 Å². The van der Waals surface area contributed by atoms with Crippen molar-refractivity contribution in [3.05, 3.63) is 29.6 Å². The van der Waals surface area contributed by atoms with Gasteiger partial charge in [-0.3, -0.25) is 4.90 Å². The summed E-state index contributed by atoms with van der Waals surface area (Å²) in [6, 6.07) is 6.70. The maximum Gasteiger partial charge on any atom is 0.409 e. The van der Waals surface area contributed by atoms with Crippen molar-refractivity contribution in [3.63, 3.8) is 0 Å². The molecule has 0 spiro atoms. The number of piperidine rings is 1. The third-order valence-electron chi connectivity index (χ3n) is 6.51. The van der Waals surface area contributed by atoms with Gasteiger partial charge >= 0.3 is 6.09 Å². The molecule has 3 heterocycles. The van der Waals surface area contributed by atoms with E-state index >= 15 is 0 Å². The van der Waals surface area contributed by atoms with E-state index in [9.17, 15) is 4.79 Å². The van der Waals surface area contributed by atoms with Gasteiger partial charge in [-0.15, -0.1) is 0 Å². The van der Waals surface area contributed by atoms with Gasteiger partial charge in [-0.2, -0.15) is 0 Å². The number of fused-ring (bicyclic) bond motifs is 1. The third kappa shape index (κ3) is 4.96. The van der Waals surface area contributed by atoms with Crippen molar-refractivity contribution in [1.82, 2.24) is 19.8 Å². The standard InChI is InChI=1S/C24H35N5O3/c1-4-32-24(30)28-14-12-27(13-15-28)23-20-10-7-8-18(2)22(20)25-21(26-23)16-29-11-6-5-9-19(29)17-31-3/h7-8,10,19H,4-6,9,11-17H2,1-3H3. The van der Waals surface area contributed by atoms with Crippen LogP contribution in [0.25, 0.3) is 10.9 Å². The number of methoxy groups -OCH3 is 1. The van der Waals surface area contributed by atoms with Crippen LogP contribution >= 0.6 is 0 Å². The molecular formula is C24H35N5O3. The molecule has 2 fully saturated rings. The molecule has 1 amide bonds. The summed E-state index contributed by atoms with van der Waals surface area (Å²) in [7, 11) is 1.77. The van der Waals surface area contributed by atoms with Crippen molar-refractivity contribution in [1.29, 1.82) is 0 Å². The van der Waals surface area contributed by atoms with Crippen LogP contribution in [0.1, 0.15) is 37.6 Å². The highest BCUT2D eigenvalue weighted by Gasteiger charge is 2.27. The number of para-hydroxylation sites is 1. The van der Waals surface area contributed by atoms with Gasteiger partial charge in [-0.1, -0.05) is 18.6 Å². The summed E-state index contributed by atoms with van der Waals surface area (Å²) in [4.78, 5) is 28.7. The largest absolute Gasteiger partial charge is 0.450 e. The van der Waals surface area contributed by atoms with Crippen LogP contribution in [0.4, 0.5) is 10.6 Å². The molecule has 174 valence electrons. The Bertz CT molecular complexity index is 927. The third-order valence-corrected chi connectivity index (χ3v) is 6.51. The summed E-state index contributed by atoms with van der Waals surface area (Å²) in [5, 5.41) is 1.07. The molecule has 0 N–H and O–H groups in total. The molecule has 1 atom stereocenters. The van der Waals surface area contributed by atoms with Crippen molar-refractivity contribution < 1.29 is 14.3 Å². The fourth-order valence-electron chi connectivity index (χ4n) is 4.78. The fourth-order valence-corrected chi connectivity index (χ4v) is 4.78. The van der Waals surface area contributed by atoms with Gasteiger partial charge in [0.1, 0.15) is 11.6 Å². The first kappa shape index (κ1) is 22.7. The van der Waals surface area contributed by atoms with E-state index in [1.807, 2.05) is 6.92 Å². The Labute approximate surface area is 190 Å². The first-order valence-corrected chi connectivity index (χ1v) is 11.8. The van der Waals surface area contributed by atoms with Crippen LogP contribution in [0.15, 0.2) is 18.2 Å². The molecule has 1 unspecified atom stereocenters. The van der Waals surface area contributed by atoms with E-state index in [0.29, 0.717) is 25.7 Å². The smallest absolute Gasteiger partial charge is 0.409 e. The number of amides is 1. The molecule has 4 rings (SSSR count). The molecule has 8 nitrogen and oxygen atoms in total. The lowest BCUT2D eigenvalue weighted by molar-refractivity contribution is 0.0584. The van der Waals surface area contributed by atoms with Crippen LogP contribution in [0.2, 0.25) is 0 Å². The molecule has 0 bridgehead atoms. The van der Waals surface area contributed by atoms with Gasteiger partial charge in [-0.05, 0) is 44.9 Å². The Morgan fingerprint density at radius 1 is 1.12 bits per heavy atom. The Balaban J connectivity index is 1.59. The minimum Gasteiger partial charge on any atom is -0.450 e. The summed E-state index contributed by atoms with van der Waals surface area (Å²) in [6.45, 7) is 9.60. The number of ether oxygens (including phenoxy) is 2. The number of carbonyl (C=O) groups is 1. The predicted octanol–water partition coefficient (Wildman–Crippen LogP) is 3.22. The average molecular weight is 442 g/mol. The van der Waals surface area contributed by atoms with Crippen LogP contribution in [-0.2, 0) is 16.0 Å². The number of nitrogens with zero attached hydrogens (tertiary/aromatic N) is 5. The maximum atomic E-state index is 12.1. The lowest BCUT2D eigenvalue weighted by Gasteiger charge is -2.36. The molecule has 2 aromatic rings.